The van der Waals surface area contributed by atoms with Gasteiger partial charge in [0.2, 0.25) is 15.8 Å². The van der Waals surface area contributed by atoms with Crippen LogP contribution in [-0.2, 0) is 33.1 Å². The van der Waals surface area contributed by atoms with E-state index in [0.29, 0.717) is 22.6 Å². The molecule has 1 atom stereocenters. The minimum absolute atomic E-state index is 0.00780. The van der Waals surface area contributed by atoms with Gasteiger partial charge < -0.3 is 35.5 Å². The molecule has 2 heterocycles. The molecule has 2 aromatic heterocycles. The molecule has 20 heteroatoms. The number of methoxy groups -OCH3 is 4. The molecule has 0 aliphatic heterocycles. The molecule has 310 valence electrons. The van der Waals surface area contributed by atoms with Gasteiger partial charge in [-0.15, -0.1) is 10.2 Å². The predicted molar refractivity (Wildman–Crippen MR) is 219 cm³/mol. The maximum atomic E-state index is 15.9. The molecular weight excluding hydrogens is 803 g/mol. The number of aliphatic hydroxyl groups excluding tert-OH is 1. The minimum Gasteiger partial charge on any atom is -0.497 e. The lowest BCUT2D eigenvalue weighted by Crippen LogP contribution is -2.38. The average Bonchev–Trinajstić information content (AvgIpc) is 3.72. The number of anilines is 2. The summed E-state index contributed by atoms with van der Waals surface area (Å²) in [5.41, 5.74) is 13.7. The van der Waals surface area contributed by atoms with Crippen LogP contribution >= 0.6 is 0 Å². The molecule has 6 aromatic rings. The van der Waals surface area contributed by atoms with Gasteiger partial charge in [-0.2, -0.15) is 4.80 Å². The zero-order valence-electron chi connectivity index (χ0n) is 32.5. The third kappa shape index (κ3) is 9.21. The van der Waals surface area contributed by atoms with Gasteiger partial charge in [-0.05, 0) is 70.4 Å². The molecule has 6 rings (SSSR count). The first-order valence-electron chi connectivity index (χ1n) is 17.9. The van der Waals surface area contributed by atoms with Gasteiger partial charge in [0, 0.05) is 30.9 Å². The van der Waals surface area contributed by atoms with Crippen molar-refractivity contribution in [2.45, 2.75) is 29.0 Å². The highest BCUT2D eigenvalue weighted by atomic mass is 32.2. The van der Waals surface area contributed by atoms with Crippen LogP contribution in [0.1, 0.15) is 11.1 Å². The van der Waals surface area contributed by atoms with Crippen molar-refractivity contribution in [1.82, 2.24) is 29.9 Å². The Bertz CT molecular complexity index is 2630. The lowest BCUT2D eigenvalue weighted by Gasteiger charge is -2.29. The monoisotopic (exact) mass is 845 g/mol. The molecule has 0 aliphatic rings. The van der Waals surface area contributed by atoms with E-state index in [1.54, 1.807) is 67.8 Å². The molecule has 0 saturated heterocycles. The number of pyridine rings is 1. The van der Waals surface area contributed by atoms with E-state index < -0.39 is 42.5 Å². The molecule has 0 radical (unpaired) electrons. The van der Waals surface area contributed by atoms with Crippen LogP contribution in [0.5, 0.6) is 23.0 Å². The summed E-state index contributed by atoms with van der Waals surface area (Å²) in [6.45, 7) is -1.03. The summed E-state index contributed by atoms with van der Waals surface area (Å²) in [6, 6.07) is 22.4. The van der Waals surface area contributed by atoms with E-state index in [9.17, 15) is 13.5 Å². The Hall–Kier alpha value is -6.32. The lowest BCUT2D eigenvalue weighted by molar-refractivity contribution is 0.186. The quantitative estimate of drug-likeness (QED) is 0.0971. The van der Waals surface area contributed by atoms with Gasteiger partial charge in [-0.1, -0.05) is 30.3 Å². The number of sulfonamides is 2. The van der Waals surface area contributed by atoms with Crippen molar-refractivity contribution >= 4 is 31.4 Å². The van der Waals surface area contributed by atoms with Gasteiger partial charge in [0.15, 0.2) is 0 Å². The first kappa shape index (κ1) is 42.3. The molecule has 0 amide bonds. The van der Waals surface area contributed by atoms with E-state index in [-0.39, 0.29) is 59.5 Å². The number of ether oxygens (including phenoxy) is 4. The third-order valence-corrected chi connectivity index (χ3v) is 12.6. The zero-order valence-corrected chi connectivity index (χ0v) is 34.1. The third-order valence-electron chi connectivity index (χ3n) is 9.18. The Morgan fingerprint density at radius 1 is 0.814 bits per heavy atom. The Morgan fingerprint density at radius 2 is 1.46 bits per heavy atom. The van der Waals surface area contributed by atoms with Crippen LogP contribution in [0.4, 0.5) is 11.4 Å². The van der Waals surface area contributed by atoms with Gasteiger partial charge in [-0.25, -0.2) is 21.6 Å². The van der Waals surface area contributed by atoms with Gasteiger partial charge in [0.05, 0.1) is 70.8 Å². The van der Waals surface area contributed by atoms with E-state index in [4.69, 9.17) is 30.4 Å². The standard InChI is InChI=1S/C39H43N9O9S2/c1-54-28-9-5-25(6-10-28)23-47(34-19-30(56-3)13-15-35(34)57-4)59(52,53)38-36(58(50,51)43-21-27(49)20-40)16-14-32(31-17-18-42-22-33(31)41)37(38)39-44-46-48(45-39)24-26-7-11-29(55-2)12-8-26/h5-19,22,27,43,49H,20-21,23-24,40-41H2,1-4H3/t27-/m0/s1. The van der Waals surface area contributed by atoms with Crippen molar-refractivity contribution in [3.05, 3.63) is 108 Å². The molecule has 4 aromatic carbocycles. The molecule has 0 aliphatic carbocycles. The molecule has 0 unspecified atom stereocenters. The number of tetrazole rings is 1. The zero-order chi connectivity index (χ0) is 42.3. The van der Waals surface area contributed by atoms with Crippen LogP contribution in [-0.4, -0.2) is 94.8 Å². The molecule has 0 bridgehead atoms. The largest absolute Gasteiger partial charge is 0.497 e. The average molecular weight is 846 g/mol. The summed E-state index contributed by atoms with van der Waals surface area (Å²) in [6.07, 6.45) is 1.54. The second-order valence-electron chi connectivity index (χ2n) is 12.9. The Morgan fingerprint density at radius 3 is 2.07 bits per heavy atom. The summed E-state index contributed by atoms with van der Waals surface area (Å²) in [4.78, 5) is 3.91. The molecule has 18 nitrogen and oxygen atoms in total. The normalized spacial score (nSPS) is 12.2. The highest BCUT2D eigenvalue weighted by Gasteiger charge is 2.39. The number of hydrogen-bond donors (Lipinski definition) is 4. The maximum Gasteiger partial charge on any atom is 0.266 e. The summed E-state index contributed by atoms with van der Waals surface area (Å²) in [5.74, 6) is 1.31. The predicted octanol–water partition coefficient (Wildman–Crippen LogP) is 3.06. The highest BCUT2D eigenvalue weighted by molar-refractivity contribution is 7.94. The van der Waals surface area contributed by atoms with Crippen LogP contribution in [0.2, 0.25) is 0 Å². The number of rotatable bonds is 18. The van der Waals surface area contributed by atoms with Crippen molar-refractivity contribution < 1.29 is 40.9 Å². The second-order valence-corrected chi connectivity index (χ2v) is 16.4. The van der Waals surface area contributed by atoms with E-state index >= 15 is 8.42 Å². The smallest absolute Gasteiger partial charge is 0.266 e. The minimum atomic E-state index is -5.09. The number of nitrogen functional groups attached to an aromatic ring is 1. The Balaban J connectivity index is 1.69. The first-order valence-corrected chi connectivity index (χ1v) is 20.8. The molecular formula is C39H43N9O9S2. The summed E-state index contributed by atoms with van der Waals surface area (Å²) < 4.78 is 85.8. The number of aliphatic hydroxyl groups is 1. The number of benzene rings is 4. The first-order chi connectivity index (χ1) is 28.3. The fourth-order valence-electron chi connectivity index (χ4n) is 6.10. The van der Waals surface area contributed by atoms with Crippen molar-refractivity contribution in [2.75, 3.05) is 51.6 Å². The van der Waals surface area contributed by atoms with Crippen molar-refractivity contribution in [3.8, 4) is 45.5 Å². The molecule has 0 spiro atoms. The van der Waals surface area contributed by atoms with Crippen molar-refractivity contribution in [3.63, 3.8) is 0 Å². The van der Waals surface area contributed by atoms with Crippen molar-refractivity contribution in [2.24, 2.45) is 5.73 Å². The second kappa shape index (κ2) is 18.1. The summed E-state index contributed by atoms with van der Waals surface area (Å²) >= 11 is 0. The number of nitrogens with two attached hydrogens (primary N) is 2. The Labute approximate surface area is 341 Å². The van der Waals surface area contributed by atoms with E-state index in [1.165, 1.54) is 56.7 Å². The molecule has 0 saturated carbocycles. The highest BCUT2D eigenvalue weighted by Crippen LogP contribution is 2.45. The van der Waals surface area contributed by atoms with Crippen LogP contribution in [0.3, 0.4) is 0 Å². The number of nitrogens with one attached hydrogen (secondary N) is 1. The van der Waals surface area contributed by atoms with Gasteiger partial charge in [0.25, 0.3) is 10.0 Å². The van der Waals surface area contributed by atoms with Crippen LogP contribution in [0, 0.1) is 0 Å². The fraction of sp³-hybridized carbons (Fsp3) is 0.231. The van der Waals surface area contributed by atoms with Gasteiger partial charge in [-0.3, -0.25) is 9.29 Å². The molecule has 6 N–H and O–H groups in total. The van der Waals surface area contributed by atoms with E-state index in [0.717, 1.165) is 15.9 Å². The topological polar surface area (TPSA) is 249 Å². The molecule has 59 heavy (non-hydrogen) atoms. The Kier molecular flexibility index (Phi) is 13.0. The maximum absolute atomic E-state index is 15.9. The fourth-order valence-corrected chi connectivity index (χ4v) is 9.63. The van der Waals surface area contributed by atoms with Crippen LogP contribution < -0.4 is 39.4 Å². The lowest BCUT2D eigenvalue weighted by atomic mass is 9.99. The summed E-state index contributed by atoms with van der Waals surface area (Å²) in [5, 5.41) is 23.4. The SMILES string of the molecule is COc1ccc(CN(c2cc(OC)ccc2OC)S(=O)(=O)c2c(S(=O)(=O)NC[C@@H](O)CN)ccc(-c3ccncc3N)c2-c2nnn(Cc3ccc(OC)cc3)n2)cc1. The van der Waals surface area contributed by atoms with Gasteiger partial charge >= 0.3 is 0 Å². The number of nitrogens with zero attached hydrogens (tertiary/aromatic N) is 6. The van der Waals surface area contributed by atoms with Crippen LogP contribution in [0.15, 0.2) is 107 Å². The van der Waals surface area contributed by atoms with E-state index in [2.05, 4.69) is 25.1 Å². The van der Waals surface area contributed by atoms with Gasteiger partial charge in [0.1, 0.15) is 32.8 Å². The van der Waals surface area contributed by atoms with Crippen LogP contribution in [0.25, 0.3) is 22.5 Å². The van der Waals surface area contributed by atoms with E-state index in [1.807, 2.05) is 0 Å². The molecule has 0 fully saturated rings. The number of hydrogen-bond acceptors (Lipinski definition) is 15. The number of aromatic nitrogens is 5. The summed E-state index contributed by atoms with van der Waals surface area (Å²) in [7, 11) is -4.03. The van der Waals surface area contributed by atoms with Crippen molar-refractivity contribution in [1.29, 1.82) is 0 Å².